The van der Waals surface area contributed by atoms with Crippen LogP contribution in [0.1, 0.15) is 53.1 Å². The summed E-state index contributed by atoms with van der Waals surface area (Å²) in [6.45, 7) is 4.79. The lowest BCUT2D eigenvalue weighted by Gasteiger charge is -2.43. The van der Waals surface area contributed by atoms with Crippen LogP contribution in [0.25, 0.3) is 0 Å². The number of hydrogen-bond donors (Lipinski definition) is 2. The van der Waals surface area contributed by atoms with Gasteiger partial charge in [0.05, 0.1) is 11.5 Å². The van der Waals surface area contributed by atoms with Gasteiger partial charge in [-0.15, -0.1) is 0 Å². The molecule has 2 aromatic rings. The normalized spacial score (nSPS) is 20.4. The fourth-order valence-corrected chi connectivity index (χ4v) is 3.07. The SMILES string of the molecule is CC(=O)c1ccc2c(c1)O[C@@H](O)C(C)(C)C2NC(=O)c1cc(F)cc(F)c1. The van der Waals surface area contributed by atoms with Crippen molar-refractivity contribution in [3.05, 3.63) is 64.7 Å². The molecular weight excluding hydrogens is 356 g/mol. The van der Waals surface area contributed by atoms with Crippen LogP contribution in [-0.4, -0.2) is 23.1 Å². The Labute approximate surface area is 155 Å². The fraction of sp³-hybridized carbons (Fsp3) is 0.300. The maximum absolute atomic E-state index is 13.4. The Morgan fingerprint density at radius 2 is 1.70 bits per heavy atom. The van der Waals surface area contributed by atoms with Crippen molar-refractivity contribution in [2.45, 2.75) is 33.1 Å². The topological polar surface area (TPSA) is 75.6 Å². The first-order chi connectivity index (χ1) is 12.6. The third-order valence-electron chi connectivity index (χ3n) is 4.75. The maximum atomic E-state index is 13.4. The Morgan fingerprint density at radius 1 is 1.07 bits per heavy atom. The summed E-state index contributed by atoms with van der Waals surface area (Å²) < 4.78 is 32.4. The van der Waals surface area contributed by atoms with Crippen LogP contribution in [0.2, 0.25) is 0 Å². The molecule has 3 rings (SSSR count). The van der Waals surface area contributed by atoms with E-state index >= 15 is 0 Å². The van der Waals surface area contributed by atoms with Crippen LogP contribution in [-0.2, 0) is 0 Å². The lowest BCUT2D eigenvalue weighted by molar-refractivity contribution is -0.127. The first-order valence-corrected chi connectivity index (χ1v) is 8.36. The molecule has 2 N–H and O–H groups in total. The van der Waals surface area contributed by atoms with Crippen molar-refractivity contribution in [1.82, 2.24) is 5.32 Å². The van der Waals surface area contributed by atoms with Crippen molar-refractivity contribution in [2.24, 2.45) is 5.41 Å². The predicted octanol–water partition coefficient (Wildman–Crippen LogP) is 3.38. The summed E-state index contributed by atoms with van der Waals surface area (Å²) in [5, 5.41) is 13.1. The number of carbonyl (C=O) groups is 2. The Bertz CT molecular complexity index is 906. The number of rotatable bonds is 3. The van der Waals surface area contributed by atoms with Crippen molar-refractivity contribution in [2.75, 3.05) is 0 Å². The highest BCUT2D eigenvalue weighted by Crippen LogP contribution is 2.46. The second kappa shape index (κ2) is 6.74. The number of amides is 1. The molecule has 0 saturated carbocycles. The van der Waals surface area contributed by atoms with Gasteiger partial charge in [-0.1, -0.05) is 26.0 Å². The number of hydrogen-bond acceptors (Lipinski definition) is 4. The Hall–Kier alpha value is -2.80. The molecule has 0 aliphatic carbocycles. The molecule has 5 nitrogen and oxygen atoms in total. The second-order valence-electron chi connectivity index (χ2n) is 7.16. The summed E-state index contributed by atoms with van der Waals surface area (Å²) in [5.74, 6) is -2.32. The van der Waals surface area contributed by atoms with Crippen molar-refractivity contribution < 1.29 is 28.2 Å². The van der Waals surface area contributed by atoms with Crippen LogP contribution in [0, 0.1) is 17.0 Å². The van der Waals surface area contributed by atoms with Gasteiger partial charge in [-0.3, -0.25) is 9.59 Å². The van der Waals surface area contributed by atoms with Gasteiger partial charge in [0.25, 0.3) is 5.91 Å². The molecule has 1 unspecified atom stereocenters. The molecule has 0 saturated heterocycles. The third-order valence-corrected chi connectivity index (χ3v) is 4.75. The molecule has 7 heteroatoms. The monoisotopic (exact) mass is 375 g/mol. The van der Waals surface area contributed by atoms with Crippen LogP contribution in [0.4, 0.5) is 8.78 Å². The van der Waals surface area contributed by atoms with Crippen molar-refractivity contribution in [1.29, 1.82) is 0 Å². The van der Waals surface area contributed by atoms with Crippen molar-refractivity contribution >= 4 is 11.7 Å². The summed E-state index contributed by atoms with van der Waals surface area (Å²) in [5.41, 5.74) is -0.156. The Morgan fingerprint density at radius 3 is 2.30 bits per heavy atom. The summed E-state index contributed by atoms with van der Waals surface area (Å²) in [7, 11) is 0. The number of ketones is 1. The van der Waals surface area contributed by atoms with Gasteiger partial charge >= 0.3 is 0 Å². The summed E-state index contributed by atoms with van der Waals surface area (Å²) in [6, 6.07) is 6.56. The largest absolute Gasteiger partial charge is 0.464 e. The van der Waals surface area contributed by atoms with Crippen molar-refractivity contribution in [3.63, 3.8) is 0 Å². The van der Waals surface area contributed by atoms with E-state index in [9.17, 15) is 23.5 Å². The number of nitrogens with one attached hydrogen (secondary N) is 1. The van der Waals surface area contributed by atoms with Gasteiger partial charge in [0.2, 0.25) is 6.29 Å². The number of carbonyl (C=O) groups excluding carboxylic acids is 2. The molecule has 0 fully saturated rings. The predicted molar refractivity (Wildman–Crippen MR) is 93.4 cm³/mol. The van der Waals surface area contributed by atoms with Gasteiger partial charge in [-0.2, -0.15) is 0 Å². The molecule has 0 spiro atoms. The first-order valence-electron chi connectivity index (χ1n) is 8.36. The van der Waals surface area contributed by atoms with Gasteiger partial charge < -0.3 is 15.2 Å². The number of benzene rings is 2. The zero-order valence-electron chi connectivity index (χ0n) is 15.0. The molecule has 0 bridgehead atoms. The second-order valence-corrected chi connectivity index (χ2v) is 7.16. The van der Waals surface area contributed by atoms with E-state index in [0.717, 1.165) is 12.1 Å². The van der Waals surface area contributed by atoms with E-state index in [2.05, 4.69) is 5.32 Å². The van der Waals surface area contributed by atoms with Crippen LogP contribution in [0.3, 0.4) is 0 Å². The summed E-state index contributed by atoms with van der Waals surface area (Å²) in [4.78, 5) is 24.2. The number of ether oxygens (including phenoxy) is 1. The average Bonchev–Trinajstić information content (AvgIpc) is 2.57. The molecule has 1 amide bonds. The zero-order valence-corrected chi connectivity index (χ0v) is 15.0. The zero-order chi connectivity index (χ0) is 19.9. The van der Waals surface area contributed by atoms with Gasteiger partial charge in [-0.25, -0.2) is 8.78 Å². The van der Waals surface area contributed by atoms with E-state index in [4.69, 9.17) is 4.74 Å². The number of Topliss-reactive ketones (excluding diaryl/α,β-unsaturated/α-hetero) is 1. The maximum Gasteiger partial charge on any atom is 0.251 e. The number of aliphatic hydroxyl groups is 1. The number of halogens is 2. The lowest BCUT2D eigenvalue weighted by Crippen LogP contribution is -2.49. The standard InChI is InChI=1S/C20H19F2NO4/c1-10(24)11-4-5-15-16(8-11)27-19(26)20(2,3)17(15)23-18(25)12-6-13(21)9-14(22)7-12/h4-9,17,19,26H,1-3H3,(H,23,25)/t17?,19-/m1/s1. The van der Waals surface area contributed by atoms with Crippen molar-refractivity contribution in [3.8, 4) is 5.75 Å². The van der Waals surface area contributed by atoms with Crippen LogP contribution in [0.5, 0.6) is 5.75 Å². The smallest absolute Gasteiger partial charge is 0.251 e. The van der Waals surface area contributed by atoms with Gasteiger partial charge in [0.1, 0.15) is 17.4 Å². The minimum atomic E-state index is -1.26. The lowest BCUT2D eigenvalue weighted by atomic mass is 9.77. The van der Waals surface area contributed by atoms with E-state index in [1.165, 1.54) is 13.0 Å². The molecule has 2 atom stereocenters. The van der Waals surface area contributed by atoms with E-state index in [0.29, 0.717) is 17.2 Å². The minimum absolute atomic E-state index is 0.170. The highest BCUT2D eigenvalue weighted by molar-refractivity contribution is 5.95. The highest BCUT2D eigenvalue weighted by atomic mass is 19.1. The summed E-state index contributed by atoms with van der Waals surface area (Å²) in [6.07, 6.45) is -1.26. The molecule has 27 heavy (non-hydrogen) atoms. The molecule has 2 aromatic carbocycles. The molecule has 0 radical (unpaired) electrons. The fourth-order valence-electron chi connectivity index (χ4n) is 3.07. The first kappa shape index (κ1) is 19.0. The Kier molecular flexibility index (Phi) is 4.73. The van der Waals surface area contributed by atoms with E-state index in [-0.39, 0.29) is 17.1 Å². The molecule has 1 aliphatic rings. The summed E-state index contributed by atoms with van der Waals surface area (Å²) >= 11 is 0. The average molecular weight is 375 g/mol. The molecule has 1 aliphatic heterocycles. The molecule has 142 valence electrons. The quantitative estimate of drug-likeness (QED) is 0.807. The van der Waals surface area contributed by atoms with Crippen LogP contribution in [0.15, 0.2) is 36.4 Å². The van der Waals surface area contributed by atoms with Gasteiger partial charge in [0.15, 0.2) is 5.78 Å². The highest BCUT2D eigenvalue weighted by Gasteiger charge is 2.45. The van der Waals surface area contributed by atoms with E-state index in [1.54, 1.807) is 26.0 Å². The Balaban J connectivity index is 2.00. The van der Waals surface area contributed by atoms with Crippen LogP contribution < -0.4 is 10.1 Å². The molecular formula is C20H19F2NO4. The van der Waals surface area contributed by atoms with Gasteiger partial charge in [0, 0.05) is 22.8 Å². The van der Waals surface area contributed by atoms with E-state index in [1.807, 2.05) is 0 Å². The van der Waals surface area contributed by atoms with Crippen LogP contribution >= 0.6 is 0 Å². The third kappa shape index (κ3) is 3.55. The number of aliphatic hydroxyl groups excluding tert-OH is 1. The minimum Gasteiger partial charge on any atom is -0.464 e. The molecule has 0 aromatic heterocycles. The molecule has 1 heterocycles. The van der Waals surface area contributed by atoms with Gasteiger partial charge in [-0.05, 0) is 25.1 Å². The number of fused-ring (bicyclic) bond motifs is 1. The van der Waals surface area contributed by atoms with E-state index < -0.39 is 35.3 Å².